The van der Waals surface area contributed by atoms with Crippen LogP contribution in [0.5, 0.6) is 5.75 Å². The van der Waals surface area contributed by atoms with E-state index in [9.17, 15) is 4.79 Å². The first-order valence-corrected chi connectivity index (χ1v) is 12.8. The summed E-state index contributed by atoms with van der Waals surface area (Å²) >= 11 is 0. The zero-order valence-electron chi connectivity index (χ0n) is 21.0. The molecular weight excluding hydrogens is 470 g/mol. The topological polar surface area (TPSA) is 108 Å². The molecule has 0 saturated carbocycles. The summed E-state index contributed by atoms with van der Waals surface area (Å²) in [5.74, 6) is 2.45. The van der Waals surface area contributed by atoms with Gasteiger partial charge in [0.25, 0.3) is 5.91 Å². The molecule has 2 aliphatic heterocycles. The lowest BCUT2D eigenvalue weighted by Gasteiger charge is -2.36. The van der Waals surface area contributed by atoms with E-state index in [1.54, 1.807) is 12.5 Å². The number of benzene rings is 1. The Labute approximate surface area is 215 Å². The second kappa shape index (κ2) is 10.1. The van der Waals surface area contributed by atoms with E-state index in [4.69, 9.17) is 9.72 Å². The number of nitrogens with zero attached hydrogens (tertiary/aromatic N) is 8. The van der Waals surface area contributed by atoms with Crippen LogP contribution in [0.4, 0.5) is 11.5 Å². The molecule has 0 bridgehead atoms. The smallest absolute Gasteiger partial charge is 0.260 e. The first kappa shape index (κ1) is 23.3. The molecular formula is C26H31N9O2. The minimum Gasteiger partial charge on any atom is -0.484 e. The van der Waals surface area contributed by atoms with Crippen LogP contribution in [0.3, 0.4) is 0 Å². The molecule has 0 spiro atoms. The summed E-state index contributed by atoms with van der Waals surface area (Å²) in [7, 11) is 1.96. The number of anilines is 2. The zero-order chi connectivity index (χ0) is 25.2. The predicted octanol–water partition coefficient (Wildman–Crippen LogP) is 2.47. The minimum absolute atomic E-state index is 0.0698. The SMILES string of the molecule is Cn1c(-c2cn[nH]c2)nc2c(N3CCN(c4cccc(OCC(=O)N5CCCCC5)c4)CC3)ncnc21. The fourth-order valence-electron chi connectivity index (χ4n) is 5.18. The molecule has 5 heterocycles. The maximum Gasteiger partial charge on any atom is 0.260 e. The molecule has 4 aromatic rings. The van der Waals surface area contributed by atoms with Gasteiger partial charge in [-0.25, -0.2) is 15.0 Å². The van der Waals surface area contributed by atoms with Gasteiger partial charge in [0, 0.05) is 64.3 Å². The number of aromatic nitrogens is 6. The number of likely N-dealkylation sites (tertiary alicyclic amines) is 1. The number of piperazine rings is 1. The molecule has 2 aliphatic rings. The van der Waals surface area contributed by atoms with E-state index in [-0.39, 0.29) is 12.5 Å². The van der Waals surface area contributed by atoms with Crippen LogP contribution in [0.15, 0.2) is 43.0 Å². The fourth-order valence-corrected chi connectivity index (χ4v) is 5.18. The van der Waals surface area contributed by atoms with E-state index in [0.717, 1.165) is 91.9 Å². The first-order valence-electron chi connectivity index (χ1n) is 12.8. The standard InChI is InChI=1S/C26H31N9O2/c1-32-24(19-15-29-30-16-19)31-23-25(32)27-18-28-26(23)35-12-10-33(11-13-35)20-6-5-7-21(14-20)37-17-22(36)34-8-3-2-4-9-34/h5-7,14-16,18H,2-4,8-13,17H2,1H3,(H,29,30). The van der Waals surface area contributed by atoms with Crippen LogP contribution in [0.25, 0.3) is 22.6 Å². The molecule has 11 nitrogen and oxygen atoms in total. The van der Waals surface area contributed by atoms with Crippen LogP contribution in [-0.2, 0) is 11.8 Å². The molecule has 1 amide bonds. The van der Waals surface area contributed by atoms with Gasteiger partial charge in [-0.2, -0.15) is 5.10 Å². The van der Waals surface area contributed by atoms with Gasteiger partial charge in [0.2, 0.25) is 0 Å². The summed E-state index contributed by atoms with van der Waals surface area (Å²) in [6.07, 6.45) is 8.56. The van der Waals surface area contributed by atoms with Crippen molar-refractivity contribution in [2.24, 2.45) is 7.05 Å². The van der Waals surface area contributed by atoms with Crippen LogP contribution in [0, 0.1) is 0 Å². The average molecular weight is 502 g/mol. The van der Waals surface area contributed by atoms with E-state index in [1.165, 1.54) is 6.42 Å². The van der Waals surface area contributed by atoms with Crippen molar-refractivity contribution in [1.82, 2.24) is 34.6 Å². The number of rotatable bonds is 6. The van der Waals surface area contributed by atoms with Gasteiger partial charge in [0.05, 0.1) is 11.8 Å². The van der Waals surface area contributed by atoms with Crippen LogP contribution in [0.1, 0.15) is 19.3 Å². The Morgan fingerprint density at radius 2 is 1.84 bits per heavy atom. The van der Waals surface area contributed by atoms with Gasteiger partial charge < -0.3 is 24.0 Å². The Bertz CT molecular complexity index is 1370. The number of aromatic amines is 1. The quantitative estimate of drug-likeness (QED) is 0.429. The highest BCUT2D eigenvalue weighted by Gasteiger charge is 2.24. The number of ether oxygens (including phenoxy) is 1. The van der Waals surface area contributed by atoms with Gasteiger partial charge in [0.1, 0.15) is 17.9 Å². The van der Waals surface area contributed by atoms with Crippen molar-refractivity contribution in [2.45, 2.75) is 19.3 Å². The third-order valence-corrected chi connectivity index (χ3v) is 7.23. The number of aryl methyl sites for hydroxylation is 1. The Balaban J connectivity index is 1.12. The van der Waals surface area contributed by atoms with E-state index < -0.39 is 0 Å². The Kier molecular flexibility index (Phi) is 6.33. The van der Waals surface area contributed by atoms with Crippen LogP contribution < -0.4 is 14.5 Å². The number of fused-ring (bicyclic) bond motifs is 1. The molecule has 37 heavy (non-hydrogen) atoms. The Morgan fingerprint density at radius 1 is 1.03 bits per heavy atom. The molecule has 0 unspecified atom stereocenters. The molecule has 2 saturated heterocycles. The van der Waals surface area contributed by atoms with Gasteiger partial charge in [0.15, 0.2) is 23.6 Å². The number of hydrogen-bond donors (Lipinski definition) is 1. The third-order valence-electron chi connectivity index (χ3n) is 7.23. The van der Waals surface area contributed by atoms with Gasteiger partial charge >= 0.3 is 0 Å². The van der Waals surface area contributed by atoms with E-state index in [2.05, 4.69) is 36.0 Å². The number of hydrogen-bond acceptors (Lipinski definition) is 8. The van der Waals surface area contributed by atoms with Crippen LogP contribution in [-0.4, -0.2) is 86.4 Å². The largest absolute Gasteiger partial charge is 0.484 e. The molecule has 0 radical (unpaired) electrons. The average Bonchev–Trinajstić information content (AvgIpc) is 3.61. The van der Waals surface area contributed by atoms with Gasteiger partial charge in [-0.05, 0) is 31.4 Å². The number of nitrogens with one attached hydrogen (secondary N) is 1. The number of amides is 1. The first-order chi connectivity index (χ1) is 18.2. The van der Waals surface area contributed by atoms with Crippen LogP contribution >= 0.6 is 0 Å². The van der Waals surface area contributed by atoms with Crippen molar-refractivity contribution in [2.75, 3.05) is 55.7 Å². The third kappa shape index (κ3) is 4.68. The predicted molar refractivity (Wildman–Crippen MR) is 141 cm³/mol. The summed E-state index contributed by atoms with van der Waals surface area (Å²) in [5, 5.41) is 6.90. The molecule has 192 valence electrons. The van der Waals surface area contributed by atoms with Crippen molar-refractivity contribution in [3.63, 3.8) is 0 Å². The van der Waals surface area contributed by atoms with Crippen molar-refractivity contribution >= 4 is 28.6 Å². The number of carbonyl (C=O) groups excluding carboxylic acids is 1. The summed E-state index contributed by atoms with van der Waals surface area (Å²) in [5.41, 5.74) is 3.60. The van der Waals surface area contributed by atoms with Gasteiger partial charge in [-0.1, -0.05) is 6.07 Å². The fraction of sp³-hybridized carbons (Fsp3) is 0.423. The maximum atomic E-state index is 12.5. The zero-order valence-corrected chi connectivity index (χ0v) is 21.0. The monoisotopic (exact) mass is 501 g/mol. The molecule has 11 heteroatoms. The molecule has 3 aromatic heterocycles. The lowest BCUT2D eigenvalue weighted by molar-refractivity contribution is -0.134. The molecule has 6 rings (SSSR count). The van der Waals surface area contributed by atoms with Crippen molar-refractivity contribution in [3.8, 4) is 17.1 Å². The summed E-state index contributed by atoms with van der Waals surface area (Å²) < 4.78 is 7.85. The maximum absolute atomic E-state index is 12.5. The van der Waals surface area contributed by atoms with Gasteiger partial charge in [-0.15, -0.1) is 0 Å². The van der Waals surface area contributed by atoms with E-state index in [1.807, 2.05) is 40.9 Å². The van der Waals surface area contributed by atoms with Crippen molar-refractivity contribution < 1.29 is 9.53 Å². The number of imidazole rings is 1. The van der Waals surface area contributed by atoms with Gasteiger partial charge in [-0.3, -0.25) is 9.89 Å². The highest BCUT2D eigenvalue weighted by atomic mass is 16.5. The van der Waals surface area contributed by atoms with E-state index in [0.29, 0.717) is 0 Å². The molecule has 2 fully saturated rings. The Morgan fingerprint density at radius 3 is 2.62 bits per heavy atom. The number of carbonyl (C=O) groups is 1. The molecule has 0 aliphatic carbocycles. The summed E-state index contributed by atoms with van der Waals surface area (Å²) in [6, 6.07) is 8.02. The second-order valence-electron chi connectivity index (χ2n) is 9.55. The van der Waals surface area contributed by atoms with Crippen molar-refractivity contribution in [3.05, 3.63) is 43.0 Å². The number of H-pyrrole nitrogens is 1. The number of piperidine rings is 1. The lowest BCUT2D eigenvalue weighted by Crippen LogP contribution is -2.47. The van der Waals surface area contributed by atoms with E-state index >= 15 is 0 Å². The van der Waals surface area contributed by atoms with Crippen LogP contribution in [0.2, 0.25) is 0 Å². The summed E-state index contributed by atoms with van der Waals surface area (Å²) in [4.78, 5) is 32.9. The van der Waals surface area contributed by atoms with Crippen molar-refractivity contribution in [1.29, 1.82) is 0 Å². The normalized spacial score (nSPS) is 16.4. The highest BCUT2D eigenvalue weighted by molar-refractivity contribution is 5.86. The molecule has 0 atom stereocenters. The summed E-state index contributed by atoms with van der Waals surface area (Å²) in [6.45, 7) is 5.06. The minimum atomic E-state index is 0.0698. The molecule has 1 aromatic carbocycles. The lowest BCUT2D eigenvalue weighted by atomic mass is 10.1. The molecule has 1 N–H and O–H groups in total. The second-order valence-corrected chi connectivity index (χ2v) is 9.55. The highest BCUT2D eigenvalue weighted by Crippen LogP contribution is 2.29. The Hall–Kier alpha value is -4.15.